The highest BCUT2D eigenvalue weighted by Crippen LogP contribution is 2.19. The third-order valence-corrected chi connectivity index (χ3v) is 5.78. The van der Waals surface area contributed by atoms with Gasteiger partial charge in [0.05, 0.1) is 23.7 Å². The average Bonchev–Trinajstić information content (AvgIpc) is 3.03. The van der Waals surface area contributed by atoms with Crippen LogP contribution in [0.4, 0.5) is 0 Å². The SMILES string of the molecule is COc1cccc(CNC(=O)C(C)N2CCCN(C(=O)c3ccccc3Cl)CC2)c1. The van der Waals surface area contributed by atoms with Gasteiger partial charge in [0.2, 0.25) is 5.91 Å². The highest BCUT2D eigenvalue weighted by atomic mass is 35.5. The fourth-order valence-electron chi connectivity index (χ4n) is 3.62. The normalized spacial score (nSPS) is 15.9. The minimum atomic E-state index is -0.272. The highest BCUT2D eigenvalue weighted by Gasteiger charge is 2.26. The smallest absolute Gasteiger partial charge is 0.255 e. The number of halogens is 1. The Morgan fingerprint density at radius 3 is 2.67 bits per heavy atom. The van der Waals surface area contributed by atoms with E-state index in [-0.39, 0.29) is 17.9 Å². The summed E-state index contributed by atoms with van der Waals surface area (Å²) < 4.78 is 5.23. The van der Waals surface area contributed by atoms with Gasteiger partial charge in [-0.1, -0.05) is 35.9 Å². The second-order valence-corrected chi connectivity index (χ2v) is 7.81. The standard InChI is InChI=1S/C23H28ClN3O3/c1-17(22(28)25-16-18-7-5-8-19(15-18)30-2)26-11-6-12-27(14-13-26)23(29)20-9-3-4-10-21(20)24/h3-5,7-10,15,17H,6,11-14,16H2,1-2H3,(H,25,28). The molecule has 0 saturated carbocycles. The summed E-state index contributed by atoms with van der Waals surface area (Å²) in [5, 5.41) is 3.47. The largest absolute Gasteiger partial charge is 0.497 e. The summed E-state index contributed by atoms with van der Waals surface area (Å²) in [6.07, 6.45) is 0.809. The van der Waals surface area contributed by atoms with E-state index in [1.165, 1.54) is 0 Å². The van der Waals surface area contributed by atoms with Crippen molar-refractivity contribution in [3.8, 4) is 5.75 Å². The third-order valence-electron chi connectivity index (χ3n) is 5.45. The van der Waals surface area contributed by atoms with Crippen molar-refractivity contribution in [2.24, 2.45) is 0 Å². The van der Waals surface area contributed by atoms with Gasteiger partial charge in [-0.3, -0.25) is 14.5 Å². The molecule has 1 fully saturated rings. The number of nitrogens with zero attached hydrogens (tertiary/aromatic N) is 2. The van der Waals surface area contributed by atoms with Crippen LogP contribution in [0.15, 0.2) is 48.5 Å². The molecular formula is C23H28ClN3O3. The summed E-state index contributed by atoms with van der Waals surface area (Å²) >= 11 is 6.19. The second-order valence-electron chi connectivity index (χ2n) is 7.41. The predicted molar refractivity (Wildman–Crippen MR) is 118 cm³/mol. The van der Waals surface area contributed by atoms with Crippen molar-refractivity contribution in [3.63, 3.8) is 0 Å². The van der Waals surface area contributed by atoms with Crippen molar-refractivity contribution in [2.75, 3.05) is 33.3 Å². The number of carbonyl (C=O) groups is 2. The second kappa shape index (κ2) is 10.5. The van der Waals surface area contributed by atoms with Gasteiger partial charge in [0, 0.05) is 32.7 Å². The lowest BCUT2D eigenvalue weighted by Crippen LogP contribution is -2.46. The molecule has 1 N–H and O–H groups in total. The lowest BCUT2D eigenvalue weighted by Gasteiger charge is -2.27. The molecule has 2 aromatic carbocycles. The first-order valence-corrected chi connectivity index (χ1v) is 10.6. The van der Waals surface area contributed by atoms with Crippen LogP contribution in [0.5, 0.6) is 5.75 Å². The molecule has 7 heteroatoms. The Labute approximate surface area is 182 Å². The van der Waals surface area contributed by atoms with Crippen LogP contribution in [0.3, 0.4) is 0 Å². The quantitative estimate of drug-likeness (QED) is 0.766. The number of hydrogen-bond acceptors (Lipinski definition) is 4. The van der Waals surface area contributed by atoms with E-state index in [1.807, 2.05) is 48.2 Å². The maximum Gasteiger partial charge on any atom is 0.255 e. The first kappa shape index (κ1) is 22.1. The van der Waals surface area contributed by atoms with E-state index in [9.17, 15) is 9.59 Å². The van der Waals surface area contributed by atoms with Gasteiger partial charge < -0.3 is 15.0 Å². The van der Waals surface area contributed by atoms with Gasteiger partial charge in [0.25, 0.3) is 5.91 Å². The molecule has 30 heavy (non-hydrogen) atoms. The summed E-state index contributed by atoms with van der Waals surface area (Å²) in [5.74, 6) is 0.687. The average molecular weight is 430 g/mol. The zero-order chi connectivity index (χ0) is 21.5. The number of carbonyl (C=O) groups excluding carboxylic acids is 2. The molecule has 160 valence electrons. The lowest BCUT2D eigenvalue weighted by molar-refractivity contribution is -0.126. The Morgan fingerprint density at radius 1 is 1.10 bits per heavy atom. The van der Waals surface area contributed by atoms with E-state index in [0.29, 0.717) is 36.8 Å². The number of benzene rings is 2. The van der Waals surface area contributed by atoms with Gasteiger partial charge in [-0.05, 0) is 43.2 Å². The molecule has 1 aliphatic heterocycles. The highest BCUT2D eigenvalue weighted by molar-refractivity contribution is 6.33. The summed E-state index contributed by atoms with van der Waals surface area (Å²) in [7, 11) is 1.62. The van der Waals surface area contributed by atoms with Gasteiger partial charge in [-0.2, -0.15) is 0 Å². The van der Waals surface area contributed by atoms with E-state index in [2.05, 4.69) is 10.2 Å². The van der Waals surface area contributed by atoms with Crippen LogP contribution in [-0.4, -0.2) is 60.9 Å². The summed E-state index contributed by atoms with van der Waals surface area (Å²) in [4.78, 5) is 29.5. The molecule has 2 amide bonds. The summed E-state index contributed by atoms with van der Waals surface area (Å²) in [5.41, 5.74) is 1.51. The first-order chi connectivity index (χ1) is 14.5. The molecule has 6 nitrogen and oxygen atoms in total. The van der Waals surface area contributed by atoms with Crippen LogP contribution in [-0.2, 0) is 11.3 Å². The number of ether oxygens (including phenoxy) is 1. The Morgan fingerprint density at radius 2 is 1.90 bits per heavy atom. The molecule has 0 aromatic heterocycles. The van der Waals surface area contributed by atoms with Gasteiger partial charge in [0.1, 0.15) is 5.75 Å². The van der Waals surface area contributed by atoms with Crippen molar-refractivity contribution >= 4 is 23.4 Å². The lowest BCUT2D eigenvalue weighted by atomic mass is 10.2. The number of amides is 2. The Bertz CT molecular complexity index is 890. The van der Waals surface area contributed by atoms with Crippen LogP contribution in [0.2, 0.25) is 5.02 Å². The molecule has 1 unspecified atom stereocenters. The predicted octanol–water partition coefficient (Wildman–Crippen LogP) is 3.20. The van der Waals surface area contributed by atoms with Gasteiger partial charge in [0.15, 0.2) is 0 Å². The fourth-order valence-corrected chi connectivity index (χ4v) is 3.83. The molecule has 2 aromatic rings. The monoisotopic (exact) mass is 429 g/mol. The minimum absolute atomic E-state index is 0.0244. The van der Waals surface area contributed by atoms with Crippen molar-refractivity contribution in [1.82, 2.24) is 15.1 Å². The first-order valence-electron chi connectivity index (χ1n) is 10.2. The van der Waals surface area contributed by atoms with Gasteiger partial charge in [-0.25, -0.2) is 0 Å². The van der Waals surface area contributed by atoms with Crippen molar-refractivity contribution < 1.29 is 14.3 Å². The van der Waals surface area contributed by atoms with Gasteiger partial charge >= 0.3 is 0 Å². The number of methoxy groups -OCH3 is 1. The van der Waals surface area contributed by atoms with E-state index in [4.69, 9.17) is 16.3 Å². The molecule has 0 spiro atoms. The number of hydrogen-bond donors (Lipinski definition) is 1. The van der Waals surface area contributed by atoms with Crippen molar-refractivity contribution in [1.29, 1.82) is 0 Å². The maximum absolute atomic E-state index is 12.8. The maximum atomic E-state index is 12.8. The zero-order valence-corrected chi connectivity index (χ0v) is 18.2. The minimum Gasteiger partial charge on any atom is -0.497 e. The molecule has 1 aliphatic rings. The topological polar surface area (TPSA) is 61.9 Å². The van der Waals surface area contributed by atoms with Crippen LogP contribution in [0.25, 0.3) is 0 Å². The third kappa shape index (κ3) is 5.52. The van der Waals surface area contributed by atoms with Gasteiger partial charge in [-0.15, -0.1) is 0 Å². The molecule has 0 radical (unpaired) electrons. The molecule has 3 rings (SSSR count). The van der Waals surface area contributed by atoms with E-state index >= 15 is 0 Å². The molecule has 1 heterocycles. The zero-order valence-electron chi connectivity index (χ0n) is 17.4. The Balaban J connectivity index is 1.54. The summed E-state index contributed by atoms with van der Waals surface area (Å²) in [6.45, 7) is 4.98. The summed E-state index contributed by atoms with van der Waals surface area (Å²) in [6, 6.07) is 14.5. The molecule has 0 aliphatic carbocycles. The number of nitrogens with one attached hydrogen (secondary N) is 1. The Hall–Kier alpha value is -2.57. The Kier molecular flexibility index (Phi) is 7.71. The molecule has 1 saturated heterocycles. The van der Waals surface area contributed by atoms with E-state index in [1.54, 1.807) is 19.2 Å². The van der Waals surface area contributed by atoms with Crippen molar-refractivity contribution in [3.05, 3.63) is 64.7 Å². The molecule has 1 atom stereocenters. The van der Waals surface area contributed by atoms with Crippen molar-refractivity contribution in [2.45, 2.75) is 25.9 Å². The fraction of sp³-hybridized carbons (Fsp3) is 0.391. The van der Waals surface area contributed by atoms with Crippen LogP contribution >= 0.6 is 11.6 Å². The van der Waals surface area contributed by atoms with E-state index in [0.717, 1.165) is 24.3 Å². The van der Waals surface area contributed by atoms with E-state index < -0.39 is 0 Å². The van der Waals surface area contributed by atoms with Crippen LogP contribution < -0.4 is 10.1 Å². The number of rotatable bonds is 6. The molecule has 0 bridgehead atoms. The van der Waals surface area contributed by atoms with Crippen LogP contribution in [0.1, 0.15) is 29.3 Å². The molecular weight excluding hydrogens is 402 g/mol. The van der Waals surface area contributed by atoms with Crippen LogP contribution in [0, 0.1) is 0 Å².